The Hall–Kier alpha value is -4.32. The minimum Gasteiger partial charge on any atom is -0.481 e. The number of nitrogens with zero attached hydrogens (tertiary/aromatic N) is 1. The van der Waals surface area contributed by atoms with Gasteiger partial charge in [-0.25, -0.2) is 4.79 Å². The maximum atomic E-state index is 11.8. The number of benzene rings is 1. The van der Waals surface area contributed by atoms with E-state index in [1.165, 1.54) is 7.11 Å². The van der Waals surface area contributed by atoms with E-state index >= 15 is 0 Å². The first-order chi connectivity index (χ1) is 20.2. The van der Waals surface area contributed by atoms with Crippen molar-refractivity contribution in [2.45, 2.75) is 69.1 Å². The molecule has 1 aromatic carbocycles. The van der Waals surface area contributed by atoms with Crippen LogP contribution in [0.4, 0.5) is 0 Å². The summed E-state index contributed by atoms with van der Waals surface area (Å²) in [6.07, 6.45) is 2.85. The third-order valence-electron chi connectivity index (χ3n) is 5.39. The van der Waals surface area contributed by atoms with Gasteiger partial charge in [-0.1, -0.05) is 36.8 Å². The first-order valence-electron chi connectivity index (χ1n) is 13.3. The number of methoxy groups -OCH3 is 1. The second kappa shape index (κ2) is 24.3. The Labute approximate surface area is 250 Å². The monoisotopic (exact) mass is 614 g/mol. The number of carbonyl (C=O) groups excluding carboxylic acids is 2. The number of unbranched alkanes of at least 4 members (excludes halogenated alkanes) is 1. The number of nitrogens with two attached hydrogens (primary N) is 6. The fraction of sp³-hybridized carbons (Fsp3) is 0.538. The third-order valence-corrected chi connectivity index (χ3v) is 5.39. The van der Waals surface area contributed by atoms with Crippen LogP contribution in [0.3, 0.4) is 0 Å². The molecule has 17 heteroatoms. The third kappa shape index (κ3) is 23.0. The second-order valence-corrected chi connectivity index (χ2v) is 9.10. The summed E-state index contributed by atoms with van der Waals surface area (Å²) in [6.45, 7) is 1.02. The summed E-state index contributed by atoms with van der Waals surface area (Å²) in [4.78, 5) is 58.1. The Balaban J connectivity index is 0. The highest BCUT2D eigenvalue weighted by molar-refractivity contribution is 5.89. The molecule has 1 rings (SSSR count). The summed E-state index contributed by atoms with van der Waals surface area (Å²) >= 11 is 0. The molecule has 0 saturated heterocycles. The van der Waals surface area contributed by atoms with Gasteiger partial charge in [0.25, 0.3) is 0 Å². The lowest BCUT2D eigenvalue weighted by Gasteiger charge is -2.18. The van der Waals surface area contributed by atoms with E-state index < -0.39 is 60.4 Å². The molecule has 0 aliphatic heterocycles. The minimum absolute atomic E-state index is 0.0129. The molecule has 4 atom stereocenters. The molecule has 0 aliphatic carbocycles. The number of hydrogen-bond acceptors (Lipinski definition) is 11. The SMILES string of the molecule is COC(=O)[C@H](Cc1ccccc1)NC(=O)[C@@H](N)CC(=O)O.NC(N)=NCCCC(N)C(=O)O.NCCCC[C@H](N)C(=O)O. The van der Waals surface area contributed by atoms with Gasteiger partial charge >= 0.3 is 23.9 Å². The smallest absolute Gasteiger partial charge is 0.328 e. The molecule has 1 amide bonds. The van der Waals surface area contributed by atoms with Crippen LogP contribution in [0.5, 0.6) is 0 Å². The molecule has 0 saturated carbocycles. The van der Waals surface area contributed by atoms with Crippen LogP contribution in [0.2, 0.25) is 0 Å². The Kier molecular flexibility index (Phi) is 23.1. The predicted octanol–water partition coefficient (Wildman–Crippen LogP) is -2.33. The topological polar surface area (TPSA) is 336 Å². The molecule has 0 bridgehead atoms. The van der Waals surface area contributed by atoms with Crippen LogP contribution < -0.4 is 39.7 Å². The Morgan fingerprint density at radius 1 is 0.860 bits per heavy atom. The highest BCUT2D eigenvalue weighted by Crippen LogP contribution is 2.05. The van der Waals surface area contributed by atoms with Crippen molar-refractivity contribution in [3.05, 3.63) is 35.9 Å². The van der Waals surface area contributed by atoms with Gasteiger partial charge in [0, 0.05) is 13.0 Å². The number of amides is 1. The Bertz CT molecular complexity index is 1010. The van der Waals surface area contributed by atoms with Gasteiger partial charge in [0.2, 0.25) is 5.91 Å². The summed E-state index contributed by atoms with van der Waals surface area (Å²) in [6, 6.07) is 5.39. The van der Waals surface area contributed by atoms with E-state index in [2.05, 4.69) is 15.0 Å². The standard InChI is InChI=1S/C14H18N2O5.C6H14N4O2.C6H14N2O2/c1-21-14(20)11(7-9-5-3-2-4-6-9)16-13(19)10(15)8-12(17)18;7-4(5(11)12)2-1-3-10-6(8)9;7-4-2-1-3-5(8)6(9)10/h2-6,10-11H,7-8,15H2,1H3,(H,16,19)(H,17,18);4H,1-3,7H2,(H,11,12)(H4,8,9,10);5H,1-4,7-8H2,(H,9,10)/t10-,11-;;5-/m0.0/s1. The van der Waals surface area contributed by atoms with E-state index in [1.54, 1.807) is 12.1 Å². The zero-order valence-electron chi connectivity index (χ0n) is 24.3. The van der Waals surface area contributed by atoms with Crippen molar-refractivity contribution in [3.63, 3.8) is 0 Å². The van der Waals surface area contributed by atoms with Crippen LogP contribution in [0.1, 0.15) is 44.1 Å². The largest absolute Gasteiger partial charge is 0.481 e. The molecule has 244 valence electrons. The molecule has 0 aromatic heterocycles. The van der Waals surface area contributed by atoms with Gasteiger partial charge in [0.15, 0.2) is 5.96 Å². The van der Waals surface area contributed by atoms with E-state index in [1.807, 2.05) is 18.2 Å². The van der Waals surface area contributed by atoms with Crippen molar-refractivity contribution in [2.24, 2.45) is 39.4 Å². The lowest BCUT2D eigenvalue weighted by atomic mass is 10.1. The highest BCUT2D eigenvalue weighted by Gasteiger charge is 2.25. The molecule has 0 radical (unpaired) electrons. The number of ether oxygens (including phenoxy) is 1. The average Bonchev–Trinajstić information content (AvgIpc) is 2.95. The number of rotatable bonds is 17. The van der Waals surface area contributed by atoms with Crippen molar-refractivity contribution in [3.8, 4) is 0 Å². The van der Waals surface area contributed by atoms with Crippen molar-refractivity contribution in [1.82, 2.24) is 5.32 Å². The fourth-order valence-corrected chi connectivity index (χ4v) is 3.02. The van der Waals surface area contributed by atoms with Crippen LogP contribution in [0.25, 0.3) is 0 Å². The number of aliphatic carboxylic acids is 3. The van der Waals surface area contributed by atoms with E-state index in [9.17, 15) is 24.0 Å². The van der Waals surface area contributed by atoms with Gasteiger partial charge in [-0.2, -0.15) is 0 Å². The molecular weight excluding hydrogens is 568 g/mol. The zero-order valence-corrected chi connectivity index (χ0v) is 24.3. The van der Waals surface area contributed by atoms with Crippen LogP contribution in [-0.4, -0.2) is 95.4 Å². The van der Waals surface area contributed by atoms with E-state index in [0.717, 1.165) is 18.4 Å². The average molecular weight is 615 g/mol. The number of aliphatic imine (C=N–C) groups is 1. The molecule has 16 N–H and O–H groups in total. The van der Waals surface area contributed by atoms with Gasteiger partial charge in [-0.3, -0.25) is 24.2 Å². The maximum Gasteiger partial charge on any atom is 0.328 e. The van der Waals surface area contributed by atoms with Crippen LogP contribution in [-0.2, 0) is 35.1 Å². The summed E-state index contributed by atoms with van der Waals surface area (Å²) in [5.41, 5.74) is 32.0. The number of guanidine groups is 1. The predicted molar refractivity (Wildman–Crippen MR) is 158 cm³/mol. The van der Waals surface area contributed by atoms with E-state index in [-0.39, 0.29) is 12.4 Å². The van der Waals surface area contributed by atoms with Gasteiger partial charge in [-0.15, -0.1) is 0 Å². The molecule has 1 aromatic rings. The Morgan fingerprint density at radius 2 is 1.40 bits per heavy atom. The van der Waals surface area contributed by atoms with Gasteiger partial charge < -0.3 is 59.8 Å². The summed E-state index contributed by atoms with van der Waals surface area (Å²) in [7, 11) is 1.21. The van der Waals surface area contributed by atoms with Crippen molar-refractivity contribution < 1.29 is 44.0 Å². The molecule has 0 aliphatic rings. The van der Waals surface area contributed by atoms with Crippen LogP contribution in [0.15, 0.2) is 35.3 Å². The maximum absolute atomic E-state index is 11.8. The number of nitrogens with one attached hydrogen (secondary N) is 1. The molecule has 17 nitrogen and oxygen atoms in total. The van der Waals surface area contributed by atoms with E-state index in [4.69, 9.17) is 49.7 Å². The van der Waals surface area contributed by atoms with E-state index in [0.29, 0.717) is 32.4 Å². The van der Waals surface area contributed by atoms with Gasteiger partial charge in [0.05, 0.1) is 19.6 Å². The summed E-state index contributed by atoms with van der Waals surface area (Å²) in [5.74, 6) is -4.43. The number of carbonyl (C=O) groups is 5. The van der Waals surface area contributed by atoms with Crippen molar-refractivity contribution in [1.29, 1.82) is 0 Å². The number of carboxylic acid groups (broad SMARTS) is 3. The van der Waals surface area contributed by atoms with Crippen LogP contribution >= 0.6 is 0 Å². The number of carboxylic acids is 3. The van der Waals surface area contributed by atoms with Gasteiger partial charge in [0.1, 0.15) is 18.1 Å². The minimum atomic E-state index is -1.22. The Morgan fingerprint density at radius 3 is 1.84 bits per heavy atom. The first kappa shape index (κ1) is 40.8. The summed E-state index contributed by atoms with van der Waals surface area (Å²) in [5, 5.41) is 27.7. The number of esters is 1. The van der Waals surface area contributed by atoms with Gasteiger partial charge in [-0.05, 0) is 37.8 Å². The molecule has 0 heterocycles. The normalized spacial score (nSPS) is 12.8. The van der Waals surface area contributed by atoms with Crippen molar-refractivity contribution >= 4 is 35.7 Å². The fourth-order valence-electron chi connectivity index (χ4n) is 3.02. The first-order valence-corrected chi connectivity index (χ1v) is 13.3. The highest BCUT2D eigenvalue weighted by atomic mass is 16.5. The number of hydrogen-bond donors (Lipinski definition) is 10. The molecule has 1 unspecified atom stereocenters. The molecule has 43 heavy (non-hydrogen) atoms. The molecular formula is C26H46N8O9. The quantitative estimate of drug-likeness (QED) is 0.0380. The summed E-state index contributed by atoms with van der Waals surface area (Å²) < 4.78 is 4.64. The van der Waals surface area contributed by atoms with Crippen molar-refractivity contribution in [2.75, 3.05) is 20.2 Å². The van der Waals surface area contributed by atoms with Crippen LogP contribution in [0, 0.1) is 0 Å². The molecule has 0 fully saturated rings. The lowest BCUT2D eigenvalue weighted by Crippen LogP contribution is -2.50. The lowest BCUT2D eigenvalue weighted by molar-refractivity contribution is -0.145. The zero-order chi connectivity index (χ0) is 33.4. The second-order valence-electron chi connectivity index (χ2n) is 9.10. The molecule has 0 spiro atoms.